The monoisotopic (exact) mass is 376 g/mol. The molecule has 128 valence electrons. The van der Waals surface area contributed by atoms with Crippen molar-refractivity contribution in [1.82, 2.24) is 20.2 Å². The largest absolute Gasteiger partial charge is 0.357 e. The number of amides is 1. The van der Waals surface area contributed by atoms with Crippen LogP contribution >= 0.6 is 36.2 Å². The number of hydrogen-bond donors (Lipinski definition) is 2. The molecular weight excluding hydrogens is 355 g/mol. The normalized spacial score (nSPS) is 15.0. The summed E-state index contributed by atoms with van der Waals surface area (Å²) in [5.41, 5.74) is 2.56. The first-order chi connectivity index (χ1) is 10.2. The lowest BCUT2D eigenvalue weighted by atomic mass is 10.1. The van der Waals surface area contributed by atoms with Gasteiger partial charge in [0.2, 0.25) is 0 Å². The van der Waals surface area contributed by atoms with Gasteiger partial charge in [-0.05, 0) is 32.9 Å². The maximum atomic E-state index is 12.5. The van der Waals surface area contributed by atoms with Crippen molar-refractivity contribution >= 4 is 42.1 Å². The predicted molar refractivity (Wildman–Crippen MR) is 99.1 cm³/mol. The summed E-state index contributed by atoms with van der Waals surface area (Å²) < 4.78 is 0. The predicted octanol–water partition coefficient (Wildman–Crippen LogP) is 3.11. The number of H-pyrrole nitrogens is 1. The molecule has 8 heteroatoms. The zero-order valence-corrected chi connectivity index (χ0v) is 15.6. The molecule has 0 aromatic carbocycles. The summed E-state index contributed by atoms with van der Waals surface area (Å²) in [6, 6.07) is 2.44. The molecule has 1 aliphatic rings. The van der Waals surface area contributed by atoms with E-state index in [2.05, 4.69) is 15.3 Å². The number of carbonyl (C=O) groups excluding carboxylic acids is 1. The summed E-state index contributed by atoms with van der Waals surface area (Å²) in [6.45, 7) is 3.61. The number of thiazole rings is 1. The highest BCUT2D eigenvalue weighted by Gasteiger charge is 2.23. The van der Waals surface area contributed by atoms with Gasteiger partial charge in [-0.25, -0.2) is 4.98 Å². The van der Waals surface area contributed by atoms with Gasteiger partial charge in [0.15, 0.2) is 0 Å². The Kier molecular flexibility index (Phi) is 7.54. The number of halogens is 2. The van der Waals surface area contributed by atoms with Crippen molar-refractivity contribution in [3.63, 3.8) is 0 Å². The van der Waals surface area contributed by atoms with Gasteiger partial charge in [0, 0.05) is 36.3 Å². The van der Waals surface area contributed by atoms with Gasteiger partial charge in [-0.3, -0.25) is 4.79 Å². The number of aromatic amines is 1. The Balaban J connectivity index is 0.00000132. The molecule has 1 fully saturated rings. The van der Waals surface area contributed by atoms with E-state index in [4.69, 9.17) is 0 Å². The molecule has 0 bridgehead atoms. The Labute approximate surface area is 152 Å². The van der Waals surface area contributed by atoms with Crippen molar-refractivity contribution < 1.29 is 4.79 Å². The Hall–Kier alpha value is -1.08. The van der Waals surface area contributed by atoms with Crippen LogP contribution in [0.1, 0.15) is 28.3 Å². The third-order valence-electron chi connectivity index (χ3n) is 4.02. The molecule has 3 heterocycles. The highest BCUT2D eigenvalue weighted by Crippen LogP contribution is 2.23. The van der Waals surface area contributed by atoms with E-state index in [9.17, 15) is 4.79 Å². The van der Waals surface area contributed by atoms with Crippen LogP contribution in [0, 0.1) is 6.92 Å². The van der Waals surface area contributed by atoms with Crippen molar-refractivity contribution in [2.24, 2.45) is 0 Å². The van der Waals surface area contributed by atoms with Crippen LogP contribution in [0.4, 0.5) is 0 Å². The van der Waals surface area contributed by atoms with Crippen LogP contribution in [0.15, 0.2) is 17.6 Å². The first-order valence-corrected chi connectivity index (χ1v) is 8.13. The van der Waals surface area contributed by atoms with Gasteiger partial charge in [0.05, 0.1) is 10.7 Å². The molecule has 0 spiro atoms. The SMILES string of the molecule is CNC1CCN(C(=O)c2cc(-c3csc(C)n3)c[nH]2)CC1.Cl.Cl. The average molecular weight is 377 g/mol. The minimum Gasteiger partial charge on any atom is -0.357 e. The number of likely N-dealkylation sites (tertiary alicyclic amines) is 1. The molecule has 2 aromatic heterocycles. The van der Waals surface area contributed by atoms with E-state index in [0.717, 1.165) is 42.2 Å². The first-order valence-electron chi connectivity index (χ1n) is 7.25. The second-order valence-corrected chi connectivity index (χ2v) is 6.47. The van der Waals surface area contributed by atoms with Crippen LogP contribution in [-0.4, -0.2) is 47.0 Å². The summed E-state index contributed by atoms with van der Waals surface area (Å²) in [7, 11) is 1.98. The molecule has 3 rings (SSSR count). The van der Waals surface area contributed by atoms with Crippen LogP contribution in [0.25, 0.3) is 11.3 Å². The zero-order valence-electron chi connectivity index (χ0n) is 13.2. The fourth-order valence-corrected chi connectivity index (χ4v) is 3.33. The number of piperidine rings is 1. The molecule has 2 aromatic rings. The van der Waals surface area contributed by atoms with Gasteiger partial charge in [0.25, 0.3) is 5.91 Å². The van der Waals surface area contributed by atoms with Crippen molar-refractivity contribution in [2.75, 3.05) is 20.1 Å². The lowest BCUT2D eigenvalue weighted by molar-refractivity contribution is 0.0702. The van der Waals surface area contributed by atoms with E-state index in [0.29, 0.717) is 11.7 Å². The smallest absolute Gasteiger partial charge is 0.270 e. The molecule has 0 aliphatic carbocycles. The van der Waals surface area contributed by atoms with Crippen LogP contribution < -0.4 is 5.32 Å². The number of aromatic nitrogens is 2. The topological polar surface area (TPSA) is 61.0 Å². The highest BCUT2D eigenvalue weighted by molar-refractivity contribution is 7.09. The summed E-state index contributed by atoms with van der Waals surface area (Å²) in [5.74, 6) is 0.0859. The van der Waals surface area contributed by atoms with Gasteiger partial charge < -0.3 is 15.2 Å². The van der Waals surface area contributed by atoms with Gasteiger partial charge in [0.1, 0.15) is 5.69 Å². The number of rotatable bonds is 3. The Morgan fingerprint density at radius 1 is 1.39 bits per heavy atom. The van der Waals surface area contributed by atoms with Crippen molar-refractivity contribution in [3.05, 3.63) is 28.3 Å². The molecule has 5 nitrogen and oxygen atoms in total. The van der Waals surface area contributed by atoms with Crippen LogP contribution in [0.2, 0.25) is 0 Å². The standard InChI is InChI=1S/C15H20N4OS.2ClH/c1-10-18-14(9-21-10)11-7-13(17-8-11)15(20)19-5-3-12(16-2)4-6-19;;/h7-9,12,16-17H,3-6H2,1-2H3;2*1H. The highest BCUT2D eigenvalue weighted by atomic mass is 35.5. The Morgan fingerprint density at radius 3 is 2.65 bits per heavy atom. The lowest BCUT2D eigenvalue weighted by Crippen LogP contribution is -2.44. The Morgan fingerprint density at radius 2 is 2.09 bits per heavy atom. The van der Waals surface area contributed by atoms with E-state index in [-0.39, 0.29) is 30.7 Å². The fraction of sp³-hybridized carbons (Fsp3) is 0.467. The fourth-order valence-electron chi connectivity index (χ4n) is 2.70. The van der Waals surface area contributed by atoms with E-state index in [1.165, 1.54) is 0 Å². The first kappa shape index (κ1) is 20.0. The van der Waals surface area contributed by atoms with E-state index in [1.807, 2.05) is 36.5 Å². The van der Waals surface area contributed by atoms with Gasteiger partial charge in [-0.15, -0.1) is 36.2 Å². The molecular formula is C15H22Cl2N4OS. The lowest BCUT2D eigenvalue weighted by Gasteiger charge is -2.31. The van der Waals surface area contributed by atoms with Crippen LogP contribution in [-0.2, 0) is 0 Å². The maximum Gasteiger partial charge on any atom is 0.270 e. The summed E-state index contributed by atoms with van der Waals surface area (Å²) in [4.78, 5) is 22.0. The molecule has 0 radical (unpaired) electrons. The Bertz CT molecular complexity index is 635. The minimum absolute atomic E-state index is 0. The molecule has 23 heavy (non-hydrogen) atoms. The third-order valence-corrected chi connectivity index (χ3v) is 4.79. The second kappa shape index (κ2) is 8.68. The van der Waals surface area contributed by atoms with Gasteiger partial charge in [-0.2, -0.15) is 0 Å². The molecule has 0 atom stereocenters. The van der Waals surface area contributed by atoms with Gasteiger partial charge in [-0.1, -0.05) is 0 Å². The molecule has 1 aliphatic heterocycles. The van der Waals surface area contributed by atoms with Crippen molar-refractivity contribution in [1.29, 1.82) is 0 Å². The second-order valence-electron chi connectivity index (χ2n) is 5.41. The molecule has 0 saturated carbocycles. The summed E-state index contributed by atoms with van der Waals surface area (Å²) in [6.07, 6.45) is 3.89. The van der Waals surface area contributed by atoms with E-state index < -0.39 is 0 Å². The molecule has 2 N–H and O–H groups in total. The molecule has 1 saturated heterocycles. The quantitative estimate of drug-likeness (QED) is 0.864. The average Bonchev–Trinajstić information content (AvgIpc) is 3.15. The van der Waals surface area contributed by atoms with E-state index in [1.54, 1.807) is 11.3 Å². The van der Waals surface area contributed by atoms with Gasteiger partial charge >= 0.3 is 0 Å². The number of carbonyl (C=O) groups is 1. The van der Waals surface area contributed by atoms with E-state index >= 15 is 0 Å². The minimum atomic E-state index is 0. The number of nitrogens with zero attached hydrogens (tertiary/aromatic N) is 2. The van der Waals surface area contributed by atoms with Crippen LogP contribution in [0.3, 0.4) is 0 Å². The van der Waals surface area contributed by atoms with Crippen molar-refractivity contribution in [2.45, 2.75) is 25.8 Å². The molecule has 1 amide bonds. The number of nitrogens with one attached hydrogen (secondary N) is 2. The summed E-state index contributed by atoms with van der Waals surface area (Å²) in [5, 5.41) is 6.33. The number of aryl methyl sites for hydroxylation is 1. The molecule has 0 unspecified atom stereocenters. The van der Waals surface area contributed by atoms with Crippen molar-refractivity contribution in [3.8, 4) is 11.3 Å². The summed E-state index contributed by atoms with van der Waals surface area (Å²) >= 11 is 1.62. The third kappa shape index (κ3) is 4.47. The number of hydrogen-bond acceptors (Lipinski definition) is 4. The maximum absolute atomic E-state index is 12.5. The zero-order chi connectivity index (χ0) is 14.8. The van der Waals surface area contributed by atoms with Crippen LogP contribution in [0.5, 0.6) is 0 Å².